The summed E-state index contributed by atoms with van der Waals surface area (Å²) in [7, 11) is 0. The summed E-state index contributed by atoms with van der Waals surface area (Å²) in [5.74, 6) is 0. The van der Waals surface area contributed by atoms with Crippen LogP contribution in [0, 0.1) is 0 Å². The van der Waals surface area contributed by atoms with E-state index in [0.29, 0.717) is 10.8 Å². The molecule has 0 aliphatic carbocycles. The molecule has 0 atom stereocenters. The zero-order valence-electron chi connectivity index (χ0n) is 23.2. The molecular formula is C40H20O4. The Labute approximate surface area is 248 Å². The lowest BCUT2D eigenvalue weighted by Gasteiger charge is -2.12. The molecule has 44 heavy (non-hydrogen) atoms. The summed E-state index contributed by atoms with van der Waals surface area (Å²) in [5.41, 5.74) is -1.67. The van der Waals surface area contributed by atoms with Gasteiger partial charge in [0, 0.05) is 21.5 Å². The molecule has 0 aromatic heterocycles. The van der Waals surface area contributed by atoms with Gasteiger partial charge in [-0.05, 0) is 76.8 Å². The minimum atomic E-state index is -0.434. The minimum Gasteiger partial charge on any atom is -0.286 e. The second-order valence-corrected chi connectivity index (χ2v) is 11.4. The molecule has 0 amide bonds. The standard InChI is InChI=1S/2C20H10O2/c2*21-16-10-12-6-3-8-14-13-7-1-4-11-5-2-9-15(17(11)13)19(18(12)14)20(16)22/h2*1-10H. The van der Waals surface area contributed by atoms with E-state index in [4.69, 9.17) is 0 Å². The molecule has 0 fully saturated rings. The Kier molecular flexibility index (Phi) is 4.89. The summed E-state index contributed by atoms with van der Waals surface area (Å²) in [4.78, 5) is 49.2. The molecule has 4 heteroatoms. The van der Waals surface area contributed by atoms with Crippen LogP contribution in [-0.4, -0.2) is 0 Å². The molecule has 0 aliphatic heterocycles. The van der Waals surface area contributed by atoms with Crippen LogP contribution < -0.4 is 21.7 Å². The average Bonchev–Trinajstić information content (AvgIpc) is 3.05. The van der Waals surface area contributed by atoms with Crippen molar-refractivity contribution in [1.82, 2.24) is 0 Å². The van der Waals surface area contributed by atoms with Crippen LogP contribution in [0.3, 0.4) is 0 Å². The summed E-state index contributed by atoms with van der Waals surface area (Å²) in [6.45, 7) is 0. The van der Waals surface area contributed by atoms with Crippen molar-refractivity contribution in [3.05, 3.63) is 162 Å². The third-order valence-electron chi connectivity index (χ3n) is 9.10. The molecule has 0 unspecified atom stereocenters. The first-order valence-electron chi connectivity index (χ1n) is 14.4. The molecule has 204 valence electrons. The van der Waals surface area contributed by atoms with E-state index in [1.165, 1.54) is 12.1 Å². The van der Waals surface area contributed by atoms with Crippen LogP contribution in [0.25, 0.3) is 86.2 Å². The first kappa shape index (κ1) is 24.6. The van der Waals surface area contributed by atoms with Crippen molar-refractivity contribution in [2.75, 3.05) is 0 Å². The number of hydrogen-bond donors (Lipinski definition) is 0. The van der Waals surface area contributed by atoms with E-state index in [9.17, 15) is 19.2 Å². The highest BCUT2D eigenvalue weighted by molar-refractivity contribution is 6.34. The van der Waals surface area contributed by atoms with Gasteiger partial charge in [-0.15, -0.1) is 0 Å². The van der Waals surface area contributed by atoms with E-state index in [-0.39, 0.29) is 0 Å². The molecule has 10 aromatic carbocycles. The SMILES string of the molecule is O=c1cc2cccc3c4cccc5cccc(c(c1=O)c23)c54.O=c1cc2cccc3c4cccc5cccc(c(c1=O)c23)c54. The Hall–Kier alpha value is -6.00. The second-order valence-electron chi connectivity index (χ2n) is 11.4. The minimum absolute atomic E-state index is 0.401. The molecule has 10 rings (SSSR count). The molecule has 0 N–H and O–H groups in total. The molecule has 0 aliphatic rings. The predicted octanol–water partition coefficient (Wildman–Crippen LogP) is 7.79. The van der Waals surface area contributed by atoms with Crippen LogP contribution in [0.5, 0.6) is 0 Å². The fourth-order valence-corrected chi connectivity index (χ4v) is 7.34. The summed E-state index contributed by atoms with van der Waals surface area (Å²) in [6.07, 6.45) is 0. The Bertz CT molecular complexity index is 2800. The molecule has 0 heterocycles. The lowest BCUT2D eigenvalue weighted by atomic mass is 9.90. The van der Waals surface area contributed by atoms with E-state index < -0.39 is 21.7 Å². The quantitative estimate of drug-likeness (QED) is 0.107. The maximum Gasteiger partial charge on any atom is 0.234 e. The van der Waals surface area contributed by atoms with Crippen molar-refractivity contribution in [2.24, 2.45) is 0 Å². The number of hydrogen-bond acceptors (Lipinski definition) is 4. The lowest BCUT2D eigenvalue weighted by Crippen LogP contribution is -2.22. The molecule has 0 spiro atoms. The van der Waals surface area contributed by atoms with Crippen LogP contribution >= 0.6 is 0 Å². The van der Waals surface area contributed by atoms with Gasteiger partial charge in [0.25, 0.3) is 0 Å². The third-order valence-corrected chi connectivity index (χ3v) is 9.10. The number of rotatable bonds is 0. The molecule has 10 aromatic rings. The third kappa shape index (κ3) is 3.17. The van der Waals surface area contributed by atoms with Crippen LogP contribution in [0.2, 0.25) is 0 Å². The van der Waals surface area contributed by atoms with Crippen molar-refractivity contribution < 1.29 is 0 Å². The highest BCUT2D eigenvalue weighted by Gasteiger charge is 2.17. The molecular weight excluding hydrogens is 544 g/mol. The van der Waals surface area contributed by atoms with Crippen molar-refractivity contribution in [2.45, 2.75) is 0 Å². The van der Waals surface area contributed by atoms with Gasteiger partial charge < -0.3 is 0 Å². The Balaban J connectivity index is 0.000000123. The topological polar surface area (TPSA) is 68.3 Å². The van der Waals surface area contributed by atoms with Crippen LogP contribution in [0.15, 0.2) is 141 Å². The van der Waals surface area contributed by atoms with Crippen molar-refractivity contribution >= 4 is 86.2 Å². The van der Waals surface area contributed by atoms with Gasteiger partial charge >= 0.3 is 0 Å². The van der Waals surface area contributed by atoms with Gasteiger partial charge in [-0.1, -0.05) is 109 Å². The van der Waals surface area contributed by atoms with Crippen molar-refractivity contribution in [1.29, 1.82) is 0 Å². The highest BCUT2D eigenvalue weighted by atomic mass is 16.2. The Morgan fingerprint density at radius 1 is 0.273 bits per heavy atom. The van der Waals surface area contributed by atoms with E-state index >= 15 is 0 Å². The van der Waals surface area contributed by atoms with Gasteiger partial charge in [0.1, 0.15) is 0 Å². The van der Waals surface area contributed by atoms with E-state index in [1.807, 2.05) is 97.1 Å². The Morgan fingerprint density at radius 3 is 0.932 bits per heavy atom. The summed E-state index contributed by atoms with van der Waals surface area (Å²) < 4.78 is 0. The van der Waals surface area contributed by atoms with Gasteiger partial charge in [-0.3, -0.25) is 19.2 Å². The summed E-state index contributed by atoms with van der Waals surface area (Å²) in [6, 6.07) is 38.8. The van der Waals surface area contributed by atoms with Crippen molar-refractivity contribution in [3.8, 4) is 0 Å². The molecule has 4 nitrogen and oxygen atoms in total. The van der Waals surface area contributed by atoms with Crippen LogP contribution in [-0.2, 0) is 0 Å². The normalized spacial score (nSPS) is 12.0. The van der Waals surface area contributed by atoms with Crippen LogP contribution in [0.1, 0.15) is 0 Å². The fraction of sp³-hybridized carbons (Fsp3) is 0. The molecule has 0 saturated carbocycles. The van der Waals surface area contributed by atoms with Gasteiger partial charge in [-0.2, -0.15) is 0 Å². The van der Waals surface area contributed by atoms with Crippen LogP contribution in [0.4, 0.5) is 0 Å². The van der Waals surface area contributed by atoms with Crippen molar-refractivity contribution in [3.63, 3.8) is 0 Å². The van der Waals surface area contributed by atoms with E-state index in [1.54, 1.807) is 0 Å². The number of fused-ring (bicyclic) bond motifs is 4. The molecule has 0 saturated heterocycles. The monoisotopic (exact) mass is 564 g/mol. The van der Waals surface area contributed by atoms with Gasteiger partial charge in [0.2, 0.25) is 21.7 Å². The zero-order valence-corrected chi connectivity index (χ0v) is 23.2. The van der Waals surface area contributed by atoms with Gasteiger partial charge in [0.05, 0.1) is 0 Å². The first-order valence-corrected chi connectivity index (χ1v) is 14.4. The lowest BCUT2D eigenvalue weighted by molar-refractivity contribution is 1.57. The van der Waals surface area contributed by atoms with E-state index in [2.05, 4.69) is 12.1 Å². The summed E-state index contributed by atoms with van der Waals surface area (Å²) >= 11 is 0. The first-order chi connectivity index (χ1) is 21.5. The van der Waals surface area contributed by atoms with Gasteiger partial charge in [0.15, 0.2) is 0 Å². The maximum absolute atomic E-state index is 12.5. The highest BCUT2D eigenvalue weighted by Crippen LogP contribution is 2.39. The predicted molar refractivity (Wildman–Crippen MR) is 183 cm³/mol. The van der Waals surface area contributed by atoms with E-state index in [0.717, 1.165) is 75.4 Å². The largest absolute Gasteiger partial charge is 0.286 e. The number of benzene rings is 10. The zero-order chi connectivity index (χ0) is 29.7. The Morgan fingerprint density at radius 2 is 0.568 bits per heavy atom. The van der Waals surface area contributed by atoms with Gasteiger partial charge in [-0.25, -0.2) is 0 Å². The molecule has 0 radical (unpaired) electrons. The smallest absolute Gasteiger partial charge is 0.234 e. The molecule has 0 bridgehead atoms. The average molecular weight is 565 g/mol. The maximum atomic E-state index is 12.5. The summed E-state index contributed by atoms with van der Waals surface area (Å²) in [5, 5.41) is 15.0. The fourth-order valence-electron chi connectivity index (χ4n) is 7.34. The second kappa shape index (κ2) is 8.76.